The Kier molecular flexibility index (Phi) is 4.82. The van der Waals surface area contributed by atoms with E-state index in [9.17, 15) is 4.79 Å². The molecule has 1 N–H and O–H groups in total. The van der Waals surface area contributed by atoms with E-state index < -0.39 is 0 Å². The topological polar surface area (TPSA) is 40.5 Å². The summed E-state index contributed by atoms with van der Waals surface area (Å²) < 4.78 is 0. The summed E-state index contributed by atoms with van der Waals surface area (Å²) in [5.41, 5.74) is 0. The highest BCUT2D eigenvalue weighted by molar-refractivity contribution is 5.79. The van der Waals surface area contributed by atoms with Crippen molar-refractivity contribution >= 4 is 5.91 Å². The Morgan fingerprint density at radius 3 is 2.53 bits per heavy atom. The molecule has 0 atom stereocenters. The Morgan fingerprint density at radius 1 is 1.47 bits per heavy atom. The number of hydrogen-bond donors (Lipinski definition) is 1. The summed E-state index contributed by atoms with van der Waals surface area (Å²) in [5.74, 6) is 0.384. The normalized spacial score (nSPS) is 16.3. The zero-order chi connectivity index (χ0) is 11.3. The van der Waals surface area contributed by atoms with Crippen molar-refractivity contribution in [3.8, 4) is 0 Å². The molecule has 0 aromatic rings. The van der Waals surface area contributed by atoms with Crippen LogP contribution in [-0.4, -0.2) is 35.1 Å². The highest BCUT2D eigenvalue weighted by Crippen LogP contribution is 2.21. The lowest BCUT2D eigenvalue weighted by Gasteiger charge is -2.29. The molecule has 0 aromatic carbocycles. The number of allylic oxidation sites excluding steroid dienone is 2. The molecule has 15 heavy (non-hydrogen) atoms. The van der Waals surface area contributed by atoms with E-state index >= 15 is 0 Å². The minimum atomic E-state index is 0.145. The summed E-state index contributed by atoms with van der Waals surface area (Å²) in [6.07, 6.45) is 6.58. The van der Waals surface area contributed by atoms with Gasteiger partial charge in [-0.1, -0.05) is 12.2 Å². The van der Waals surface area contributed by atoms with Gasteiger partial charge in [0.2, 0.25) is 5.91 Å². The van der Waals surface area contributed by atoms with E-state index in [1.807, 2.05) is 18.7 Å². The molecule has 1 aliphatic rings. The van der Waals surface area contributed by atoms with Gasteiger partial charge in [-0.25, -0.2) is 0 Å². The van der Waals surface area contributed by atoms with Gasteiger partial charge in [0.1, 0.15) is 0 Å². The summed E-state index contributed by atoms with van der Waals surface area (Å²) in [7, 11) is 0. The van der Waals surface area contributed by atoms with Crippen molar-refractivity contribution < 1.29 is 9.90 Å². The van der Waals surface area contributed by atoms with Gasteiger partial charge in [-0.2, -0.15) is 0 Å². The quantitative estimate of drug-likeness (QED) is 0.701. The fraction of sp³-hybridized carbons (Fsp3) is 0.750. The second-order valence-corrected chi connectivity index (χ2v) is 4.34. The molecule has 0 saturated carbocycles. The number of rotatable bonds is 5. The first-order valence-electron chi connectivity index (χ1n) is 5.73. The highest BCUT2D eigenvalue weighted by Gasteiger charge is 2.25. The molecule has 0 fully saturated rings. The van der Waals surface area contributed by atoms with Crippen LogP contribution in [0.4, 0.5) is 0 Å². The Balaban J connectivity index is 2.50. The molecule has 0 radical (unpaired) electrons. The summed E-state index contributed by atoms with van der Waals surface area (Å²) in [6.45, 7) is 4.87. The number of nitrogens with zero attached hydrogens (tertiary/aromatic N) is 1. The van der Waals surface area contributed by atoms with Gasteiger partial charge in [-0.3, -0.25) is 4.79 Å². The fourth-order valence-electron chi connectivity index (χ4n) is 1.92. The van der Waals surface area contributed by atoms with E-state index in [2.05, 4.69) is 12.2 Å². The van der Waals surface area contributed by atoms with Crippen molar-refractivity contribution in [2.45, 2.75) is 39.2 Å². The summed E-state index contributed by atoms with van der Waals surface area (Å²) in [6, 6.07) is 0.227. The van der Waals surface area contributed by atoms with Crippen LogP contribution < -0.4 is 0 Å². The van der Waals surface area contributed by atoms with Gasteiger partial charge in [0, 0.05) is 25.1 Å². The number of amides is 1. The molecule has 0 bridgehead atoms. The lowest BCUT2D eigenvalue weighted by molar-refractivity contribution is -0.137. The third kappa shape index (κ3) is 3.34. The van der Waals surface area contributed by atoms with E-state index in [0.29, 0.717) is 13.0 Å². The van der Waals surface area contributed by atoms with E-state index in [0.717, 1.165) is 12.8 Å². The zero-order valence-electron chi connectivity index (χ0n) is 9.65. The molecule has 1 aliphatic carbocycles. The molecule has 0 heterocycles. The van der Waals surface area contributed by atoms with Crippen LogP contribution in [-0.2, 0) is 4.79 Å². The van der Waals surface area contributed by atoms with Gasteiger partial charge in [-0.15, -0.1) is 0 Å². The monoisotopic (exact) mass is 211 g/mol. The summed E-state index contributed by atoms with van der Waals surface area (Å²) >= 11 is 0. The molecule has 0 unspecified atom stereocenters. The average Bonchev–Trinajstić information content (AvgIpc) is 2.70. The highest BCUT2D eigenvalue weighted by atomic mass is 16.3. The first kappa shape index (κ1) is 12.2. The lowest BCUT2D eigenvalue weighted by Crippen LogP contribution is -2.41. The Bertz CT molecular complexity index is 228. The molecule has 0 saturated heterocycles. The molecular formula is C12H21NO2. The van der Waals surface area contributed by atoms with E-state index in [1.54, 1.807) is 0 Å². The predicted octanol–water partition coefficient (Wildman–Crippen LogP) is 1.57. The van der Waals surface area contributed by atoms with Gasteiger partial charge in [0.15, 0.2) is 0 Å². The number of carbonyl (C=O) groups excluding carboxylic acids is 1. The van der Waals surface area contributed by atoms with Gasteiger partial charge in [0.05, 0.1) is 0 Å². The maximum Gasteiger partial charge on any atom is 0.226 e. The zero-order valence-corrected chi connectivity index (χ0v) is 9.65. The predicted molar refractivity (Wildman–Crippen MR) is 60.4 cm³/mol. The van der Waals surface area contributed by atoms with Crippen LogP contribution in [0.25, 0.3) is 0 Å². The van der Waals surface area contributed by atoms with Crippen LogP contribution >= 0.6 is 0 Å². The van der Waals surface area contributed by atoms with E-state index in [4.69, 9.17) is 5.11 Å². The van der Waals surface area contributed by atoms with Crippen LogP contribution in [0.15, 0.2) is 12.2 Å². The SMILES string of the molecule is CC(C)N(CCCO)C(=O)C1CC=CC1. The van der Waals surface area contributed by atoms with Crippen molar-refractivity contribution in [1.82, 2.24) is 4.90 Å². The Morgan fingerprint density at radius 2 is 2.07 bits per heavy atom. The largest absolute Gasteiger partial charge is 0.396 e. The molecule has 0 aromatic heterocycles. The van der Waals surface area contributed by atoms with Gasteiger partial charge >= 0.3 is 0 Å². The molecular weight excluding hydrogens is 190 g/mol. The number of aliphatic hydroxyl groups excluding tert-OH is 1. The molecule has 3 heteroatoms. The third-order valence-corrected chi connectivity index (χ3v) is 2.82. The molecule has 0 spiro atoms. The first-order chi connectivity index (χ1) is 7.16. The smallest absolute Gasteiger partial charge is 0.226 e. The number of hydrogen-bond acceptors (Lipinski definition) is 2. The van der Waals surface area contributed by atoms with Gasteiger partial charge < -0.3 is 10.0 Å². The molecule has 0 aliphatic heterocycles. The number of aliphatic hydroxyl groups is 1. The molecule has 1 amide bonds. The van der Waals surface area contributed by atoms with Crippen LogP contribution in [0.3, 0.4) is 0 Å². The minimum Gasteiger partial charge on any atom is -0.396 e. The van der Waals surface area contributed by atoms with Gasteiger partial charge in [-0.05, 0) is 33.1 Å². The Labute approximate surface area is 91.8 Å². The lowest BCUT2D eigenvalue weighted by atomic mass is 10.0. The van der Waals surface area contributed by atoms with E-state index in [-0.39, 0.29) is 24.5 Å². The van der Waals surface area contributed by atoms with Crippen molar-refractivity contribution in [1.29, 1.82) is 0 Å². The summed E-state index contributed by atoms with van der Waals surface area (Å²) in [4.78, 5) is 14.0. The maximum absolute atomic E-state index is 12.1. The van der Waals surface area contributed by atoms with Crippen LogP contribution in [0.2, 0.25) is 0 Å². The number of carbonyl (C=O) groups is 1. The standard InChI is InChI=1S/C12H21NO2/c1-10(2)13(8-5-9-14)12(15)11-6-3-4-7-11/h3-4,10-11,14H,5-9H2,1-2H3. The van der Waals surface area contributed by atoms with Crippen LogP contribution in [0.5, 0.6) is 0 Å². The van der Waals surface area contributed by atoms with Crippen LogP contribution in [0.1, 0.15) is 33.1 Å². The molecule has 3 nitrogen and oxygen atoms in total. The maximum atomic E-state index is 12.1. The molecule has 86 valence electrons. The fourth-order valence-corrected chi connectivity index (χ4v) is 1.92. The first-order valence-corrected chi connectivity index (χ1v) is 5.73. The third-order valence-electron chi connectivity index (χ3n) is 2.82. The minimum absolute atomic E-state index is 0.145. The van der Waals surface area contributed by atoms with Gasteiger partial charge in [0.25, 0.3) is 0 Å². The Hall–Kier alpha value is -0.830. The van der Waals surface area contributed by atoms with Crippen molar-refractivity contribution in [2.24, 2.45) is 5.92 Å². The van der Waals surface area contributed by atoms with Crippen molar-refractivity contribution in [3.63, 3.8) is 0 Å². The second-order valence-electron chi connectivity index (χ2n) is 4.34. The van der Waals surface area contributed by atoms with Crippen LogP contribution in [0, 0.1) is 5.92 Å². The summed E-state index contributed by atoms with van der Waals surface area (Å²) in [5, 5.41) is 8.79. The van der Waals surface area contributed by atoms with Crippen molar-refractivity contribution in [3.05, 3.63) is 12.2 Å². The molecule has 1 rings (SSSR count). The average molecular weight is 211 g/mol. The van der Waals surface area contributed by atoms with E-state index in [1.165, 1.54) is 0 Å². The van der Waals surface area contributed by atoms with Crippen molar-refractivity contribution in [2.75, 3.05) is 13.2 Å². The second kappa shape index (κ2) is 5.91.